The van der Waals surface area contributed by atoms with Crippen LogP contribution in [0.1, 0.15) is 13.3 Å². The predicted octanol–water partition coefficient (Wildman–Crippen LogP) is 2.04. The van der Waals surface area contributed by atoms with E-state index in [-0.39, 0.29) is 11.3 Å². The molecule has 1 aromatic heterocycles. The Hall–Kier alpha value is -1.53. The zero-order valence-corrected chi connectivity index (χ0v) is 12.5. The number of carbonyl (C=O) groups is 1. The second kappa shape index (κ2) is 6.28. The molecule has 1 amide bonds. The molecule has 5 nitrogen and oxygen atoms in total. The Morgan fingerprint density at radius 1 is 1.50 bits per heavy atom. The van der Waals surface area contributed by atoms with Gasteiger partial charge in [0.05, 0.1) is 16.7 Å². The summed E-state index contributed by atoms with van der Waals surface area (Å²) in [7, 11) is 0. The average Bonchev–Trinajstić information content (AvgIpc) is 2.39. The fraction of sp³-hybridized carbons (Fsp3) is 0.308. The van der Waals surface area contributed by atoms with Crippen LogP contribution in [0, 0.1) is 0 Å². The van der Waals surface area contributed by atoms with E-state index >= 15 is 0 Å². The molecule has 0 unspecified atom stereocenters. The third-order valence-corrected chi connectivity index (χ3v) is 3.91. The van der Waals surface area contributed by atoms with Crippen LogP contribution in [-0.2, 0) is 11.3 Å². The van der Waals surface area contributed by atoms with Gasteiger partial charge in [-0.3, -0.25) is 14.2 Å². The van der Waals surface area contributed by atoms with Gasteiger partial charge in [-0.15, -0.1) is 0 Å². The zero-order valence-electron chi connectivity index (χ0n) is 10.9. The Labute approximate surface area is 125 Å². The lowest BCUT2D eigenvalue weighted by atomic mass is 10.2. The topological polar surface area (TPSA) is 78.0 Å². The first-order valence-electron chi connectivity index (χ1n) is 6.14. The van der Waals surface area contributed by atoms with Crippen molar-refractivity contribution in [2.75, 3.05) is 5.75 Å². The van der Waals surface area contributed by atoms with Gasteiger partial charge in [-0.1, -0.05) is 30.3 Å². The van der Waals surface area contributed by atoms with Crippen molar-refractivity contribution in [1.82, 2.24) is 9.55 Å². The maximum Gasteiger partial charge on any atom is 0.262 e. The molecule has 2 N–H and O–H groups in total. The Morgan fingerprint density at radius 3 is 2.90 bits per heavy atom. The van der Waals surface area contributed by atoms with E-state index in [4.69, 9.17) is 17.3 Å². The normalized spacial score (nSPS) is 10.9. The number of rotatable bonds is 5. The first-order valence-corrected chi connectivity index (χ1v) is 7.50. The lowest BCUT2D eigenvalue weighted by Gasteiger charge is -2.11. The first-order chi connectivity index (χ1) is 9.52. The molecule has 7 heteroatoms. The number of amides is 1. The summed E-state index contributed by atoms with van der Waals surface area (Å²) in [6, 6.07) is 4.98. The monoisotopic (exact) mass is 311 g/mol. The van der Waals surface area contributed by atoms with Crippen molar-refractivity contribution >= 4 is 40.2 Å². The minimum atomic E-state index is -0.446. The van der Waals surface area contributed by atoms with Crippen molar-refractivity contribution < 1.29 is 4.79 Å². The maximum absolute atomic E-state index is 12.4. The van der Waals surface area contributed by atoms with Crippen LogP contribution in [0.3, 0.4) is 0 Å². The van der Waals surface area contributed by atoms with E-state index in [9.17, 15) is 9.59 Å². The smallest absolute Gasteiger partial charge is 0.262 e. The SMILES string of the molecule is CCCn1c(SCC(N)=O)nc2cc(Cl)ccc2c1=O. The summed E-state index contributed by atoms with van der Waals surface area (Å²) < 4.78 is 1.57. The average molecular weight is 312 g/mol. The van der Waals surface area contributed by atoms with Crippen molar-refractivity contribution in [2.45, 2.75) is 25.0 Å². The highest BCUT2D eigenvalue weighted by Crippen LogP contribution is 2.20. The highest BCUT2D eigenvalue weighted by Gasteiger charge is 2.12. The summed E-state index contributed by atoms with van der Waals surface area (Å²) in [5.74, 6) is -0.360. The second-order valence-electron chi connectivity index (χ2n) is 4.27. The van der Waals surface area contributed by atoms with Crippen LogP contribution < -0.4 is 11.3 Å². The van der Waals surface area contributed by atoms with Crippen molar-refractivity contribution in [2.24, 2.45) is 5.73 Å². The van der Waals surface area contributed by atoms with Gasteiger partial charge in [0.1, 0.15) is 0 Å². The minimum Gasteiger partial charge on any atom is -0.369 e. The molecule has 0 aliphatic carbocycles. The number of thioether (sulfide) groups is 1. The van der Waals surface area contributed by atoms with Gasteiger partial charge in [0.2, 0.25) is 5.91 Å². The number of halogens is 1. The Morgan fingerprint density at radius 2 is 2.25 bits per heavy atom. The molecule has 106 valence electrons. The van der Waals surface area contributed by atoms with Crippen LogP contribution in [-0.4, -0.2) is 21.2 Å². The summed E-state index contributed by atoms with van der Waals surface area (Å²) in [4.78, 5) is 27.8. The van der Waals surface area contributed by atoms with Crippen LogP contribution in [0.25, 0.3) is 10.9 Å². The van der Waals surface area contributed by atoms with E-state index in [1.807, 2.05) is 6.92 Å². The van der Waals surface area contributed by atoms with Crippen molar-refractivity contribution in [3.8, 4) is 0 Å². The van der Waals surface area contributed by atoms with Crippen LogP contribution in [0.4, 0.5) is 0 Å². The molecule has 2 rings (SSSR count). The van der Waals surface area contributed by atoms with E-state index in [2.05, 4.69) is 4.98 Å². The Bertz CT molecular complexity index is 715. The Balaban J connectivity index is 2.60. The number of hydrogen-bond donors (Lipinski definition) is 1. The van der Waals surface area contributed by atoms with Crippen LogP contribution in [0.15, 0.2) is 28.2 Å². The summed E-state index contributed by atoms with van der Waals surface area (Å²) >= 11 is 7.09. The zero-order chi connectivity index (χ0) is 14.7. The molecular formula is C13H14ClN3O2S. The lowest BCUT2D eigenvalue weighted by Crippen LogP contribution is -2.24. The van der Waals surface area contributed by atoms with E-state index in [1.165, 1.54) is 0 Å². The molecule has 0 spiro atoms. The first kappa shape index (κ1) is 14.9. The lowest BCUT2D eigenvalue weighted by molar-refractivity contribution is -0.115. The molecule has 2 aromatic rings. The number of fused-ring (bicyclic) bond motifs is 1. The van der Waals surface area contributed by atoms with E-state index < -0.39 is 5.91 Å². The summed E-state index contributed by atoms with van der Waals surface area (Å²) in [5, 5.41) is 1.53. The summed E-state index contributed by atoms with van der Waals surface area (Å²) in [6.07, 6.45) is 0.796. The van der Waals surface area contributed by atoms with Gasteiger partial charge in [-0.25, -0.2) is 4.98 Å². The van der Waals surface area contributed by atoms with E-state index in [0.717, 1.165) is 18.2 Å². The maximum atomic E-state index is 12.4. The molecule has 20 heavy (non-hydrogen) atoms. The van der Waals surface area contributed by atoms with Gasteiger partial charge >= 0.3 is 0 Å². The number of hydrogen-bond acceptors (Lipinski definition) is 4. The molecule has 0 saturated heterocycles. The third kappa shape index (κ3) is 3.13. The van der Waals surface area contributed by atoms with Gasteiger partial charge in [-0.2, -0.15) is 0 Å². The predicted molar refractivity (Wildman–Crippen MR) is 81.2 cm³/mol. The standard InChI is InChI=1S/C13H14ClN3O2S/c1-2-5-17-12(19)9-4-3-8(14)6-10(9)16-13(17)20-7-11(15)18/h3-4,6H,2,5,7H2,1H3,(H2,15,18). The molecule has 1 heterocycles. The molecule has 0 fully saturated rings. The minimum absolute atomic E-state index is 0.0855. The number of nitrogens with two attached hydrogens (primary N) is 1. The highest BCUT2D eigenvalue weighted by atomic mass is 35.5. The largest absolute Gasteiger partial charge is 0.369 e. The van der Waals surface area contributed by atoms with Gasteiger partial charge in [0, 0.05) is 11.6 Å². The molecule has 0 bridgehead atoms. The quantitative estimate of drug-likeness (QED) is 0.677. The third-order valence-electron chi connectivity index (χ3n) is 2.67. The molecule has 1 aromatic carbocycles. The van der Waals surface area contributed by atoms with E-state index in [0.29, 0.717) is 27.6 Å². The van der Waals surface area contributed by atoms with Crippen molar-refractivity contribution in [1.29, 1.82) is 0 Å². The second-order valence-corrected chi connectivity index (χ2v) is 5.65. The van der Waals surface area contributed by atoms with Crippen molar-refractivity contribution in [3.63, 3.8) is 0 Å². The summed E-state index contributed by atoms with van der Waals surface area (Å²) in [5.41, 5.74) is 5.55. The molecule has 0 saturated carbocycles. The van der Waals surface area contributed by atoms with Gasteiger partial charge < -0.3 is 5.73 Å². The van der Waals surface area contributed by atoms with Gasteiger partial charge in [0.15, 0.2) is 5.16 Å². The molecule has 0 aliphatic heterocycles. The number of primary amides is 1. The fourth-order valence-electron chi connectivity index (χ4n) is 1.84. The van der Waals surface area contributed by atoms with Crippen LogP contribution in [0.5, 0.6) is 0 Å². The van der Waals surface area contributed by atoms with Crippen LogP contribution >= 0.6 is 23.4 Å². The van der Waals surface area contributed by atoms with Crippen molar-refractivity contribution in [3.05, 3.63) is 33.6 Å². The number of aromatic nitrogens is 2. The van der Waals surface area contributed by atoms with E-state index in [1.54, 1.807) is 22.8 Å². The molecule has 0 radical (unpaired) electrons. The Kier molecular flexibility index (Phi) is 4.67. The molecule has 0 atom stereocenters. The number of nitrogens with zero attached hydrogens (tertiary/aromatic N) is 2. The number of carbonyl (C=O) groups excluding carboxylic acids is 1. The summed E-state index contributed by atoms with van der Waals surface area (Å²) in [6.45, 7) is 2.52. The molecule has 0 aliphatic rings. The van der Waals surface area contributed by atoms with Crippen LogP contribution in [0.2, 0.25) is 5.02 Å². The number of benzene rings is 1. The van der Waals surface area contributed by atoms with Gasteiger partial charge in [-0.05, 0) is 24.6 Å². The molecular weight excluding hydrogens is 298 g/mol. The van der Waals surface area contributed by atoms with Gasteiger partial charge in [0.25, 0.3) is 5.56 Å². The highest BCUT2D eigenvalue weighted by molar-refractivity contribution is 7.99. The fourth-order valence-corrected chi connectivity index (χ4v) is 2.77.